The van der Waals surface area contributed by atoms with E-state index in [0.717, 1.165) is 13.6 Å². The average Bonchev–Trinajstić information content (AvgIpc) is 3.00. The monoisotopic (exact) mass is 812 g/mol. The first-order valence-corrected chi connectivity index (χ1v) is 15.9. The second-order valence-corrected chi connectivity index (χ2v) is 12.2. The molecule has 0 radical (unpaired) electrons. The van der Waals surface area contributed by atoms with Gasteiger partial charge < -0.3 is 34.7 Å². The lowest BCUT2D eigenvalue weighted by molar-refractivity contribution is -0.136. The van der Waals surface area contributed by atoms with E-state index < -0.39 is 24.3 Å². The molecular weight excluding hydrogens is 783 g/mol. The molecule has 1 aliphatic heterocycles. The van der Waals surface area contributed by atoms with Crippen molar-refractivity contribution in [3.8, 4) is 17.2 Å². The molecule has 1 aliphatic rings. The highest BCUT2D eigenvalue weighted by atomic mass is 127. The van der Waals surface area contributed by atoms with E-state index >= 15 is 0 Å². The number of benzene rings is 3. The van der Waals surface area contributed by atoms with Crippen LogP contribution < -0.4 is 30.3 Å². The van der Waals surface area contributed by atoms with Gasteiger partial charge in [-0.05, 0) is 84.0 Å². The van der Waals surface area contributed by atoms with Crippen molar-refractivity contribution < 1.29 is 33.6 Å². The van der Waals surface area contributed by atoms with Gasteiger partial charge in [0.1, 0.15) is 19.0 Å². The molecule has 0 aromatic heterocycles. The van der Waals surface area contributed by atoms with Gasteiger partial charge in [-0.3, -0.25) is 5.43 Å². The molecule has 45 heavy (non-hydrogen) atoms. The van der Waals surface area contributed by atoms with Crippen LogP contribution in [0.5, 0.6) is 17.2 Å². The number of carbonyl (C=O) groups excluding carboxylic acids is 2. The number of rotatable bonds is 13. The van der Waals surface area contributed by atoms with E-state index in [2.05, 4.69) is 59.7 Å². The maximum Gasteiger partial charge on any atom is 0.337 e. The smallest absolute Gasteiger partial charge is 0.337 e. The zero-order valence-corrected chi connectivity index (χ0v) is 29.0. The van der Waals surface area contributed by atoms with Gasteiger partial charge in [0.05, 0.1) is 35.1 Å². The van der Waals surface area contributed by atoms with Gasteiger partial charge in [0.25, 0.3) is 0 Å². The number of esters is 1. The number of nitrogens with zero attached hydrogens (tertiary/aromatic N) is 1. The standard InChI is InChI=1S/C31H31BrClIN4O7/c1-4-43-25-12-19(28-27(30(40)42-3)17(2)36-31(41)37-28)7-10-24(25)44-16-26(39)38-35-14-20-11-21(32)13-23(34)29(20)45-15-18-5-8-22(33)9-6-18/h5-14,26,28,38-39H,4,15-16H2,1-3H3,(H2,36,37,41)/b35-14+/t26-,28-/m0/s1. The molecule has 0 fully saturated rings. The molecule has 0 spiro atoms. The van der Waals surface area contributed by atoms with Gasteiger partial charge in [0.15, 0.2) is 17.7 Å². The van der Waals surface area contributed by atoms with Crippen LogP contribution in [0, 0.1) is 3.57 Å². The minimum absolute atomic E-state index is 0.163. The van der Waals surface area contributed by atoms with Gasteiger partial charge in [-0.1, -0.05) is 45.7 Å². The fourth-order valence-corrected chi connectivity index (χ4v) is 6.21. The Kier molecular flexibility index (Phi) is 12.3. The summed E-state index contributed by atoms with van der Waals surface area (Å²) in [6.07, 6.45) is 0.385. The number of allylic oxidation sites excluding steroid dienone is 1. The van der Waals surface area contributed by atoms with Crippen LogP contribution in [0.3, 0.4) is 0 Å². The molecule has 1 heterocycles. The summed E-state index contributed by atoms with van der Waals surface area (Å²) in [6.45, 7) is 3.94. The zero-order valence-electron chi connectivity index (χ0n) is 24.5. The van der Waals surface area contributed by atoms with E-state index in [0.29, 0.717) is 52.3 Å². The van der Waals surface area contributed by atoms with Crippen molar-refractivity contribution in [2.75, 3.05) is 20.3 Å². The quantitative estimate of drug-likeness (QED) is 0.0559. The van der Waals surface area contributed by atoms with E-state index in [4.69, 9.17) is 30.5 Å². The molecule has 4 rings (SSSR count). The van der Waals surface area contributed by atoms with Crippen LogP contribution in [0.4, 0.5) is 4.79 Å². The summed E-state index contributed by atoms with van der Waals surface area (Å²) in [4.78, 5) is 24.6. The van der Waals surface area contributed by atoms with Crippen molar-refractivity contribution in [3.63, 3.8) is 0 Å². The number of hydrogen-bond acceptors (Lipinski definition) is 9. The molecule has 11 nitrogen and oxygen atoms in total. The molecule has 0 unspecified atom stereocenters. The normalized spacial score (nSPS) is 15.3. The molecule has 0 bridgehead atoms. The Morgan fingerprint density at radius 3 is 2.62 bits per heavy atom. The SMILES string of the molecule is CCOc1cc([C@@H]2NC(=O)NC(C)=C2C(=O)OC)ccc1OC[C@H](O)N/N=C/c1cc(Br)cc(I)c1OCc1ccc(Cl)cc1. The van der Waals surface area contributed by atoms with Crippen molar-refractivity contribution in [3.05, 3.63) is 95.6 Å². The topological polar surface area (TPSA) is 140 Å². The number of aliphatic hydroxyl groups is 1. The molecule has 3 aromatic carbocycles. The summed E-state index contributed by atoms with van der Waals surface area (Å²) in [6, 6.07) is 15.0. The number of aliphatic hydroxyl groups excluding tert-OH is 1. The van der Waals surface area contributed by atoms with Gasteiger partial charge in [0, 0.05) is 20.8 Å². The highest BCUT2D eigenvalue weighted by Crippen LogP contribution is 2.35. The summed E-state index contributed by atoms with van der Waals surface area (Å²) >= 11 is 11.7. The number of carbonyl (C=O) groups is 2. The molecule has 2 atom stereocenters. The van der Waals surface area contributed by atoms with Crippen LogP contribution >= 0.6 is 50.1 Å². The maximum atomic E-state index is 12.5. The van der Waals surface area contributed by atoms with Gasteiger partial charge in [-0.15, -0.1) is 0 Å². The number of urea groups is 1. The Morgan fingerprint density at radius 2 is 1.91 bits per heavy atom. The van der Waals surface area contributed by atoms with Crippen molar-refractivity contribution in [2.24, 2.45) is 5.10 Å². The minimum atomic E-state index is -1.17. The van der Waals surface area contributed by atoms with Crippen molar-refractivity contribution in [2.45, 2.75) is 32.7 Å². The molecular formula is C31H31BrClIN4O7. The number of methoxy groups -OCH3 is 1. The van der Waals surface area contributed by atoms with Crippen molar-refractivity contribution >= 4 is 68.3 Å². The Labute approximate surface area is 287 Å². The third kappa shape index (κ3) is 9.25. The molecule has 0 saturated carbocycles. The number of hydrogen-bond donors (Lipinski definition) is 4. The Bertz CT molecular complexity index is 1600. The molecule has 0 aliphatic carbocycles. The predicted molar refractivity (Wildman–Crippen MR) is 182 cm³/mol. The van der Waals surface area contributed by atoms with Crippen LogP contribution in [0.25, 0.3) is 0 Å². The minimum Gasteiger partial charge on any atom is -0.490 e. The molecule has 238 valence electrons. The highest BCUT2D eigenvalue weighted by Gasteiger charge is 2.32. The summed E-state index contributed by atoms with van der Waals surface area (Å²) in [7, 11) is 1.28. The van der Waals surface area contributed by atoms with E-state index in [1.807, 2.05) is 31.2 Å². The van der Waals surface area contributed by atoms with E-state index in [1.54, 1.807) is 43.5 Å². The summed E-state index contributed by atoms with van der Waals surface area (Å²) in [5.41, 5.74) is 5.55. The van der Waals surface area contributed by atoms with Crippen LogP contribution in [0.2, 0.25) is 5.02 Å². The predicted octanol–water partition coefficient (Wildman–Crippen LogP) is 5.81. The first-order chi connectivity index (χ1) is 21.6. The highest BCUT2D eigenvalue weighted by molar-refractivity contribution is 14.1. The van der Waals surface area contributed by atoms with Crippen LogP contribution in [0.1, 0.15) is 36.6 Å². The van der Waals surface area contributed by atoms with Crippen molar-refractivity contribution in [1.29, 1.82) is 0 Å². The van der Waals surface area contributed by atoms with E-state index in [-0.39, 0.29) is 12.2 Å². The average molecular weight is 814 g/mol. The first kappa shape index (κ1) is 34.3. The second-order valence-electron chi connectivity index (χ2n) is 9.64. The molecule has 4 N–H and O–H groups in total. The molecule has 0 saturated heterocycles. The maximum absolute atomic E-state index is 12.5. The molecule has 14 heteroatoms. The second kappa shape index (κ2) is 16.2. The van der Waals surface area contributed by atoms with Gasteiger partial charge in [0.2, 0.25) is 0 Å². The van der Waals surface area contributed by atoms with Gasteiger partial charge >= 0.3 is 12.0 Å². The molecule has 2 amide bonds. The number of ether oxygens (including phenoxy) is 4. The third-order valence-electron chi connectivity index (χ3n) is 6.43. The summed E-state index contributed by atoms with van der Waals surface area (Å²) < 4.78 is 24.3. The lowest BCUT2D eigenvalue weighted by Crippen LogP contribution is -2.45. The third-order valence-corrected chi connectivity index (χ3v) is 7.94. The van der Waals surface area contributed by atoms with E-state index in [1.165, 1.54) is 7.11 Å². The largest absolute Gasteiger partial charge is 0.490 e. The number of nitrogens with one attached hydrogen (secondary N) is 3. The number of halogens is 3. The summed E-state index contributed by atoms with van der Waals surface area (Å²) in [5.74, 6) is 0.782. The van der Waals surface area contributed by atoms with Gasteiger partial charge in [-0.25, -0.2) is 9.59 Å². The Hall–Kier alpha value is -3.53. The first-order valence-electron chi connectivity index (χ1n) is 13.7. The van der Waals surface area contributed by atoms with Crippen LogP contribution in [0.15, 0.2) is 75.4 Å². The number of amides is 2. The number of hydrazone groups is 1. The fraction of sp³-hybridized carbons (Fsp3) is 0.258. The lowest BCUT2D eigenvalue weighted by atomic mass is 9.95. The summed E-state index contributed by atoms with van der Waals surface area (Å²) in [5, 5.41) is 20.7. The Balaban J connectivity index is 1.42. The van der Waals surface area contributed by atoms with Crippen molar-refractivity contribution in [1.82, 2.24) is 16.1 Å². The lowest BCUT2D eigenvalue weighted by Gasteiger charge is -2.28. The zero-order chi connectivity index (χ0) is 32.5. The van der Waals surface area contributed by atoms with Gasteiger partial charge in [-0.2, -0.15) is 5.10 Å². The Morgan fingerprint density at radius 1 is 1.16 bits per heavy atom. The van der Waals surface area contributed by atoms with Crippen LogP contribution in [-0.2, 0) is 16.1 Å². The van der Waals surface area contributed by atoms with Crippen LogP contribution in [-0.4, -0.2) is 49.9 Å². The fourth-order valence-electron chi connectivity index (χ4n) is 4.38. The van der Waals surface area contributed by atoms with E-state index in [9.17, 15) is 14.7 Å². The molecule has 3 aromatic rings.